The van der Waals surface area contributed by atoms with Crippen molar-refractivity contribution in [3.05, 3.63) is 76.2 Å². The first kappa shape index (κ1) is 14.8. The summed E-state index contributed by atoms with van der Waals surface area (Å²) in [6.07, 6.45) is 1.59. The molecule has 0 aliphatic carbocycles. The fraction of sp³-hybridized carbons (Fsp3) is 0.111. The Balaban J connectivity index is 1.96. The van der Waals surface area contributed by atoms with Gasteiger partial charge in [0, 0.05) is 18.0 Å². The quantitative estimate of drug-likeness (QED) is 0.752. The first-order valence-electron chi connectivity index (χ1n) is 7.24. The molecule has 3 rings (SSSR count). The Morgan fingerprint density at radius 2 is 1.91 bits per heavy atom. The maximum absolute atomic E-state index is 12.6. The molecule has 3 aromatic rings. The third-order valence-electron chi connectivity index (χ3n) is 3.53. The van der Waals surface area contributed by atoms with Gasteiger partial charge in [0.05, 0.1) is 24.0 Å². The van der Waals surface area contributed by atoms with Crippen molar-refractivity contribution in [2.24, 2.45) is 4.99 Å². The Labute approximate surface area is 133 Å². The number of para-hydroxylation sites is 1. The number of aromatic amines is 1. The van der Waals surface area contributed by atoms with E-state index in [1.165, 1.54) is 4.68 Å². The number of nitrogens with one attached hydrogen (secondary N) is 1. The molecule has 0 atom stereocenters. The lowest BCUT2D eigenvalue weighted by atomic mass is 10.2. The molecule has 1 aromatic heterocycles. The van der Waals surface area contributed by atoms with Crippen molar-refractivity contribution in [1.82, 2.24) is 9.78 Å². The van der Waals surface area contributed by atoms with Gasteiger partial charge in [0.15, 0.2) is 0 Å². The highest BCUT2D eigenvalue weighted by molar-refractivity contribution is 5.83. The molecule has 0 spiro atoms. The van der Waals surface area contributed by atoms with Crippen LogP contribution in [0.3, 0.4) is 0 Å². The van der Waals surface area contributed by atoms with E-state index in [0.717, 1.165) is 22.8 Å². The highest BCUT2D eigenvalue weighted by Crippen LogP contribution is 2.19. The Hall–Kier alpha value is -3.08. The molecule has 5 heteroatoms. The zero-order valence-electron chi connectivity index (χ0n) is 13.0. The molecule has 0 aliphatic rings. The van der Waals surface area contributed by atoms with E-state index < -0.39 is 0 Å². The molecule has 0 radical (unpaired) electrons. The number of benzene rings is 2. The molecule has 0 aliphatic heterocycles. The summed E-state index contributed by atoms with van der Waals surface area (Å²) in [5, 5.41) is 3.08. The van der Waals surface area contributed by atoms with Gasteiger partial charge in [-0.3, -0.25) is 14.9 Å². The van der Waals surface area contributed by atoms with Crippen LogP contribution >= 0.6 is 0 Å². The third-order valence-corrected chi connectivity index (χ3v) is 3.53. The van der Waals surface area contributed by atoms with Gasteiger partial charge in [0.1, 0.15) is 5.75 Å². The minimum atomic E-state index is -0.125. The molecule has 5 nitrogen and oxygen atoms in total. The zero-order valence-corrected chi connectivity index (χ0v) is 13.0. The minimum Gasteiger partial charge on any atom is -0.497 e. The molecule has 1 heterocycles. The average Bonchev–Trinajstić information content (AvgIpc) is 2.88. The van der Waals surface area contributed by atoms with E-state index in [1.807, 2.05) is 61.5 Å². The second-order valence-corrected chi connectivity index (χ2v) is 5.09. The summed E-state index contributed by atoms with van der Waals surface area (Å²) in [4.78, 5) is 16.9. The van der Waals surface area contributed by atoms with Crippen LogP contribution in [-0.4, -0.2) is 23.1 Å². The van der Waals surface area contributed by atoms with Crippen LogP contribution in [0.2, 0.25) is 0 Å². The summed E-state index contributed by atoms with van der Waals surface area (Å²) >= 11 is 0. The second kappa shape index (κ2) is 6.36. The normalized spacial score (nSPS) is 11.0. The van der Waals surface area contributed by atoms with Crippen molar-refractivity contribution in [1.29, 1.82) is 0 Å². The number of nitrogens with zero attached hydrogens (tertiary/aromatic N) is 2. The molecule has 0 amide bonds. The Morgan fingerprint density at radius 3 is 2.65 bits per heavy atom. The fourth-order valence-corrected chi connectivity index (χ4v) is 2.30. The number of aryl methyl sites for hydroxylation is 1. The van der Waals surface area contributed by atoms with E-state index in [1.54, 1.807) is 13.3 Å². The Bertz CT molecular complexity index is 892. The lowest BCUT2D eigenvalue weighted by Crippen LogP contribution is -2.17. The van der Waals surface area contributed by atoms with Crippen molar-refractivity contribution in [3.8, 4) is 11.4 Å². The van der Waals surface area contributed by atoms with Crippen molar-refractivity contribution in [3.63, 3.8) is 0 Å². The van der Waals surface area contributed by atoms with Gasteiger partial charge in [0.25, 0.3) is 5.56 Å². The molecular weight excluding hydrogens is 290 g/mol. The van der Waals surface area contributed by atoms with Gasteiger partial charge >= 0.3 is 0 Å². The van der Waals surface area contributed by atoms with Crippen LogP contribution < -0.4 is 10.3 Å². The number of rotatable bonds is 4. The topological polar surface area (TPSA) is 59.4 Å². The van der Waals surface area contributed by atoms with Crippen molar-refractivity contribution >= 4 is 11.9 Å². The summed E-state index contributed by atoms with van der Waals surface area (Å²) < 4.78 is 6.69. The number of methoxy groups -OCH3 is 1. The van der Waals surface area contributed by atoms with Crippen LogP contribution in [-0.2, 0) is 0 Å². The Morgan fingerprint density at radius 1 is 1.13 bits per heavy atom. The van der Waals surface area contributed by atoms with Gasteiger partial charge < -0.3 is 4.74 Å². The standard InChI is InChI=1S/C18H17N3O2/c1-13-17(12-19-14-7-6-10-16(11-14)23-2)18(22)21(20-13)15-8-4-3-5-9-15/h3-12,20H,1-2H3. The zero-order chi connectivity index (χ0) is 16.2. The van der Waals surface area contributed by atoms with E-state index >= 15 is 0 Å². The third kappa shape index (κ3) is 3.08. The average molecular weight is 307 g/mol. The van der Waals surface area contributed by atoms with E-state index in [2.05, 4.69) is 10.1 Å². The van der Waals surface area contributed by atoms with Crippen molar-refractivity contribution in [2.75, 3.05) is 7.11 Å². The number of H-pyrrole nitrogens is 1. The smallest absolute Gasteiger partial charge is 0.280 e. The number of hydrogen-bond acceptors (Lipinski definition) is 3. The molecule has 1 N–H and O–H groups in total. The van der Waals surface area contributed by atoms with Crippen LogP contribution in [0.1, 0.15) is 11.3 Å². The number of aromatic nitrogens is 2. The Kier molecular flexibility index (Phi) is 4.10. The number of aliphatic imine (C=N–C) groups is 1. The van der Waals surface area contributed by atoms with Crippen LogP contribution in [0.4, 0.5) is 5.69 Å². The molecule has 0 fully saturated rings. The molecule has 2 aromatic carbocycles. The molecule has 116 valence electrons. The minimum absolute atomic E-state index is 0.125. The van der Waals surface area contributed by atoms with E-state index in [-0.39, 0.29) is 5.56 Å². The van der Waals surface area contributed by atoms with Gasteiger partial charge in [-0.1, -0.05) is 24.3 Å². The van der Waals surface area contributed by atoms with E-state index in [9.17, 15) is 4.79 Å². The van der Waals surface area contributed by atoms with Crippen LogP contribution in [0.25, 0.3) is 5.69 Å². The van der Waals surface area contributed by atoms with Gasteiger partial charge in [0.2, 0.25) is 0 Å². The second-order valence-electron chi connectivity index (χ2n) is 5.09. The summed E-state index contributed by atoms with van der Waals surface area (Å²) in [7, 11) is 1.61. The predicted octanol–water partition coefficient (Wildman–Crippen LogP) is 3.23. The van der Waals surface area contributed by atoms with Gasteiger partial charge in [-0.2, -0.15) is 0 Å². The number of ether oxygens (including phenoxy) is 1. The highest BCUT2D eigenvalue weighted by Gasteiger charge is 2.10. The SMILES string of the molecule is COc1cccc(N=Cc2c(C)[nH]n(-c3ccccc3)c2=O)c1. The van der Waals surface area contributed by atoms with E-state index in [4.69, 9.17) is 4.74 Å². The molecule has 0 saturated heterocycles. The first-order valence-corrected chi connectivity index (χ1v) is 7.24. The largest absolute Gasteiger partial charge is 0.497 e. The lowest BCUT2D eigenvalue weighted by Gasteiger charge is -1.99. The monoisotopic (exact) mass is 307 g/mol. The van der Waals surface area contributed by atoms with Crippen LogP contribution in [0.5, 0.6) is 5.75 Å². The molecule has 23 heavy (non-hydrogen) atoms. The van der Waals surface area contributed by atoms with Gasteiger partial charge in [-0.25, -0.2) is 4.68 Å². The van der Waals surface area contributed by atoms with Crippen LogP contribution in [0.15, 0.2) is 64.4 Å². The molecule has 0 unspecified atom stereocenters. The fourth-order valence-electron chi connectivity index (χ4n) is 2.30. The number of hydrogen-bond donors (Lipinski definition) is 1. The first-order chi connectivity index (χ1) is 11.2. The molecule has 0 saturated carbocycles. The predicted molar refractivity (Wildman–Crippen MR) is 91.4 cm³/mol. The van der Waals surface area contributed by atoms with Crippen molar-refractivity contribution in [2.45, 2.75) is 6.92 Å². The van der Waals surface area contributed by atoms with Gasteiger partial charge in [-0.15, -0.1) is 0 Å². The molecular formula is C18H17N3O2. The summed E-state index contributed by atoms with van der Waals surface area (Å²) in [6.45, 7) is 1.85. The molecule has 0 bridgehead atoms. The summed E-state index contributed by atoms with van der Waals surface area (Å²) in [6, 6.07) is 16.8. The van der Waals surface area contributed by atoms with Crippen molar-refractivity contribution < 1.29 is 4.74 Å². The maximum Gasteiger partial charge on any atom is 0.280 e. The highest BCUT2D eigenvalue weighted by atomic mass is 16.5. The summed E-state index contributed by atoms with van der Waals surface area (Å²) in [5.74, 6) is 0.729. The lowest BCUT2D eigenvalue weighted by molar-refractivity contribution is 0.415. The van der Waals surface area contributed by atoms with Crippen LogP contribution in [0, 0.1) is 6.92 Å². The maximum atomic E-state index is 12.6. The summed E-state index contributed by atoms with van der Waals surface area (Å²) in [5.41, 5.74) is 2.71. The van der Waals surface area contributed by atoms with Gasteiger partial charge in [-0.05, 0) is 31.2 Å². The van der Waals surface area contributed by atoms with E-state index in [0.29, 0.717) is 5.56 Å².